The van der Waals surface area contributed by atoms with Crippen LogP contribution in [0.15, 0.2) is 60.8 Å². The number of aromatic nitrogens is 2. The van der Waals surface area contributed by atoms with Gasteiger partial charge in [-0.3, -0.25) is 4.79 Å². The zero-order chi connectivity index (χ0) is 23.4. The number of piperidine rings is 1. The molecule has 1 aliphatic heterocycles. The first kappa shape index (κ1) is 22.6. The number of nitrogens with one attached hydrogen (secondary N) is 1. The van der Waals surface area contributed by atoms with Crippen molar-refractivity contribution in [2.75, 3.05) is 23.3 Å². The Kier molecular flexibility index (Phi) is 6.49. The summed E-state index contributed by atoms with van der Waals surface area (Å²) >= 11 is 0. The van der Waals surface area contributed by atoms with Crippen LogP contribution in [0.4, 0.5) is 16.2 Å². The van der Waals surface area contributed by atoms with Crippen molar-refractivity contribution >= 4 is 23.4 Å². The van der Waals surface area contributed by atoms with Crippen LogP contribution in [0.2, 0.25) is 0 Å². The van der Waals surface area contributed by atoms with Gasteiger partial charge in [-0.2, -0.15) is 9.78 Å². The minimum atomic E-state index is -0.626. The van der Waals surface area contributed by atoms with Gasteiger partial charge in [0.1, 0.15) is 5.60 Å². The normalized spacial score (nSPS) is 14.1. The van der Waals surface area contributed by atoms with E-state index in [1.54, 1.807) is 12.3 Å². The molecule has 1 saturated heterocycles. The summed E-state index contributed by atoms with van der Waals surface area (Å²) in [4.78, 5) is 27.8. The number of benzene rings is 2. The van der Waals surface area contributed by atoms with E-state index in [9.17, 15) is 9.59 Å². The Labute approximate surface area is 194 Å². The first-order valence-electron chi connectivity index (χ1n) is 11.3. The first-order valence-corrected chi connectivity index (χ1v) is 11.3. The third kappa shape index (κ3) is 5.61. The highest BCUT2D eigenvalue weighted by Gasteiger charge is 2.21. The average Bonchev–Trinajstić information content (AvgIpc) is 3.29. The average molecular weight is 447 g/mol. The SMILES string of the molecule is CC(C)(C)OC(=O)n1nccc1-c1cccc(NC(=O)c2cccc(N3CCCCC3)c2)c1. The second-order valence-corrected chi connectivity index (χ2v) is 9.24. The fourth-order valence-electron chi connectivity index (χ4n) is 3.93. The smallest absolute Gasteiger partial charge is 0.435 e. The molecule has 0 radical (unpaired) electrons. The summed E-state index contributed by atoms with van der Waals surface area (Å²) in [6.45, 7) is 7.48. The van der Waals surface area contributed by atoms with E-state index in [1.807, 2.05) is 63.2 Å². The molecule has 0 bridgehead atoms. The Balaban J connectivity index is 1.51. The summed E-state index contributed by atoms with van der Waals surface area (Å²) in [6.07, 6.45) is 4.63. The molecule has 0 aliphatic carbocycles. The summed E-state index contributed by atoms with van der Waals surface area (Å²) in [5.74, 6) is -0.174. The highest BCUT2D eigenvalue weighted by molar-refractivity contribution is 6.05. The van der Waals surface area contributed by atoms with Crippen LogP contribution in [0, 0.1) is 0 Å². The Hall–Kier alpha value is -3.61. The molecule has 0 saturated carbocycles. The molecular formula is C26H30N4O3. The molecule has 3 aromatic rings. The number of amides is 1. The summed E-state index contributed by atoms with van der Waals surface area (Å²) in [5, 5.41) is 7.09. The molecule has 7 nitrogen and oxygen atoms in total. The Bertz CT molecular complexity index is 1140. The van der Waals surface area contributed by atoms with Gasteiger partial charge >= 0.3 is 6.09 Å². The van der Waals surface area contributed by atoms with Gasteiger partial charge in [-0.05, 0) is 76.4 Å². The number of nitrogens with zero attached hydrogens (tertiary/aromatic N) is 3. The van der Waals surface area contributed by atoms with Crippen LogP contribution in [0.3, 0.4) is 0 Å². The van der Waals surface area contributed by atoms with Crippen LogP contribution in [0.1, 0.15) is 50.4 Å². The van der Waals surface area contributed by atoms with Gasteiger partial charge in [0.15, 0.2) is 0 Å². The minimum absolute atomic E-state index is 0.174. The van der Waals surface area contributed by atoms with Gasteiger partial charge in [-0.25, -0.2) is 4.79 Å². The van der Waals surface area contributed by atoms with Gasteiger partial charge < -0.3 is 15.0 Å². The van der Waals surface area contributed by atoms with Crippen molar-refractivity contribution in [1.82, 2.24) is 9.78 Å². The lowest BCUT2D eigenvalue weighted by Crippen LogP contribution is -2.29. The number of rotatable bonds is 4. The summed E-state index contributed by atoms with van der Waals surface area (Å²) in [5.41, 5.74) is 3.04. The molecule has 0 unspecified atom stereocenters. The largest absolute Gasteiger partial charge is 0.442 e. The van der Waals surface area contributed by atoms with E-state index in [-0.39, 0.29) is 5.91 Å². The Morgan fingerprint density at radius 2 is 1.73 bits per heavy atom. The third-order valence-electron chi connectivity index (χ3n) is 5.45. The second-order valence-electron chi connectivity index (χ2n) is 9.24. The molecule has 0 spiro atoms. The maximum absolute atomic E-state index is 13.0. The van der Waals surface area contributed by atoms with Crippen molar-refractivity contribution in [3.05, 3.63) is 66.4 Å². The zero-order valence-corrected chi connectivity index (χ0v) is 19.4. The quantitative estimate of drug-likeness (QED) is 0.566. The van der Waals surface area contributed by atoms with Gasteiger partial charge in [-0.15, -0.1) is 0 Å². The molecule has 1 N–H and O–H groups in total. The Morgan fingerprint density at radius 3 is 2.48 bits per heavy atom. The molecule has 2 aromatic carbocycles. The van der Waals surface area contributed by atoms with Crippen molar-refractivity contribution in [2.24, 2.45) is 0 Å². The zero-order valence-electron chi connectivity index (χ0n) is 19.4. The fraction of sp³-hybridized carbons (Fsp3) is 0.346. The predicted molar refractivity (Wildman–Crippen MR) is 130 cm³/mol. The topological polar surface area (TPSA) is 76.5 Å². The number of hydrogen-bond donors (Lipinski definition) is 1. The molecular weight excluding hydrogens is 416 g/mol. The van der Waals surface area contributed by atoms with Gasteiger partial charge in [-0.1, -0.05) is 18.2 Å². The molecule has 172 valence electrons. The predicted octanol–water partition coefficient (Wildman–Crippen LogP) is 5.58. The standard InChI is InChI=1S/C26H30N4O3/c1-26(2,3)33-25(32)30-23(13-14-27-30)19-9-7-11-21(17-19)28-24(31)20-10-8-12-22(18-20)29-15-5-4-6-16-29/h7-14,17-18H,4-6,15-16H2,1-3H3,(H,28,31). The van der Waals surface area contributed by atoms with E-state index in [2.05, 4.69) is 21.4 Å². The van der Waals surface area contributed by atoms with Crippen LogP contribution >= 0.6 is 0 Å². The van der Waals surface area contributed by atoms with Crippen molar-refractivity contribution in [3.63, 3.8) is 0 Å². The molecule has 7 heteroatoms. The second kappa shape index (κ2) is 9.48. The lowest BCUT2D eigenvalue weighted by Gasteiger charge is -2.29. The van der Waals surface area contributed by atoms with Crippen molar-refractivity contribution < 1.29 is 14.3 Å². The molecule has 1 aromatic heterocycles. The lowest BCUT2D eigenvalue weighted by atomic mass is 10.1. The van der Waals surface area contributed by atoms with Crippen molar-refractivity contribution in [3.8, 4) is 11.3 Å². The van der Waals surface area contributed by atoms with E-state index < -0.39 is 11.7 Å². The molecule has 0 atom stereocenters. The van der Waals surface area contributed by atoms with Crippen LogP contribution in [0.5, 0.6) is 0 Å². The maximum atomic E-state index is 13.0. The van der Waals surface area contributed by atoms with E-state index >= 15 is 0 Å². The maximum Gasteiger partial charge on any atom is 0.435 e. The highest BCUT2D eigenvalue weighted by atomic mass is 16.6. The summed E-state index contributed by atoms with van der Waals surface area (Å²) in [7, 11) is 0. The van der Waals surface area contributed by atoms with Crippen molar-refractivity contribution in [2.45, 2.75) is 45.6 Å². The van der Waals surface area contributed by atoms with Crippen LogP contribution in [-0.4, -0.2) is 40.5 Å². The number of anilines is 2. The van der Waals surface area contributed by atoms with E-state index in [4.69, 9.17) is 4.74 Å². The molecule has 33 heavy (non-hydrogen) atoms. The fourth-order valence-corrected chi connectivity index (χ4v) is 3.93. The van der Waals surface area contributed by atoms with Crippen molar-refractivity contribution in [1.29, 1.82) is 0 Å². The lowest BCUT2D eigenvalue weighted by molar-refractivity contribution is 0.0517. The minimum Gasteiger partial charge on any atom is -0.442 e. The van der Waals surface area contributed by atoms with Crippen LogP contribution in [-0.2, 0) is 4.74 Å². The van der Waals surface area contributed by atoms with Gasteiger partial charge in [0, 0.05) is 35.6 Å². The number of carbonyl (C=O) groups excluding carboxylic acids is 2. The molecule has 1 aliphatic rings. The highest BCUT2D eigenvalue weighted by Crippen LogP contribution is 2.25. The molecule has 2 heterocycles. The first-order chi connectivity index (χ1) is 15.8. The van der Waals surface area contributed by atoms with E-state index in [0.717, 1.165) is 24.3 Å². The van der Waals surface area contributed by atoms with Gasteiger partial charge in [0.25, 0.3) is 5.91 Å². The van der Waals surface area contributed by atoms with Gasteiger partial charge in [0.05, 0.1) is 11.9 Å². The molecule has 4 rings (SSSR count). The monoisotopic (exact) mass is 446 g/mol. The van der Waals surface area contributed by atoms with E-state index in [0.29, 0.717) is 16.9 Å². The number of hydrogen-bond acceptors (Lipinski definition) is 5. The molecule has 1 fully saturated rings. The summed E-state index contributed by atoms with van der Waals surface area (Å²) in [6, 6.07) is 16.8. The number of carbonyl (C=O) groups is 2. The Morgan fingerprint density at radius 1 is 0.970 bits per heavy atom. The summed E-state index contributed by atoms with van der Waals surface area (Å²) < 4.78 is 6.68. The number of ether oxygens (including phenoxy) is 1. The van der Waals surface area contributed by atoms with Crippen LogP contribution in [0.25, 0.3) is 11.3 Å². The van der Waals surface area contributed by atoms with Gasteiger partial charge in [0.2, 0.25) is 0 Å². The van der Waals surface area contributed by atoms with E-state index in [1.165, 1.54) is 23.9 Å². The molecule has 1 amide bonds. The van der Waals surface area contributed by atoms with Crippen LogP contribution < -0.4 is 10.2 Å². The third-order valence-corrected chi connectivity index (χ3v) is 5.45.